The van der Waals surface area contributed by atoms with Gasteiger partial charge < -0.3 is 10.4 Å². The molecular weight excluding hydrogens is 174 g/mol. The molecule has 0 aromatic heterocycles. The van der Waals surface area contributed by atoms with Crippen molar-refractivity contribution < 1.29 is 5.11 Å². The van der Waals surface area contributed by atoms with Crippen LogP contribution in [0.3, 0.4) is 0 Å². The van der Waals surface area contributed by atoms with Gasteiger partial charge in [0.1, 0.15) is 0 Å². The summed E-state index contributed by atoms with van der Waals surface area (Å²) in [6, 6.07) is 0.757. The molecule has 2 rings (SSSR count). The summed E-state index contributed by atoms with van der Waals surface area (Å²) in [4.78, 5) is 0. The molecule has 0 aliphatic heterocycles. The van der Waals surface area contributed by atoms with Crippen LogP contribution >= 0.6 is 0 Å². The van der Waals surface area contributed by atoms with E-state index in [1.54, 1.807) is 0 Å². The van der Waals surface area contributed by atoms with Gasteiger partial charge in [0.25, 0.3) is 0 Å². The zero-order valence-corrected chi connectivity index (χ0v) is 8.78. The SMILES string of the molecule is OCCCCCNC1CC2CC=CC21. The topological polar surface area (TPSA) is 32.3 Å². The first-order valence-corrected chi connectivity index (χ1v) is 5.92. The molecule has 2 aliphatic rings. The fourth-order valence-electron chi connectivity index (χ4n) is 2.65. The lowest BCUT2D eigenvalue weighted by molar-refractivity contribution is 0.163. The number of unbranched alkanes of at least 4 members (excludes halogenated alkanes) is 2. The number of aliphatic hydroxyl groups is 1. The van der Waals surface area contributed by atoms with E-state index in [0.717, 1.165) is 37.3 Å². The van der Waals surface area contributed by atoms with Crippen LogP contribution in [0.2, 0.25) is 0 Å². The Morgan fingerprint density at radius 3 is 3.00 bits per heavy atom. The highest BCUT2D eigenvalue weighted by Crippen LogP contribution is 2.42. The summed E-state index contributed by atoms with van der Waals surface area (Å²) in [7, 11) is 0. The van der Waals surface area contributed by atoms with Crippen LogP contribution in [0.25, 0.3) is 0 Å². The second kappa shape index (κ2) is 4.94. The predicted octanol–water partition coefficient (Wildman–Crippen LogP) is 1.70. The molecule has 2 aliphatic carbocycles. The maximum Gasteiger partial charge on any atom is 0.0431 e. The van der Waals surface area contributed by atoms with E-state index in [4.69, 9.17) is 5.11 Å². The minimum Gasteiger partial charge on any atom is -0.396 e. The van der Waals surface area contributed by atoms with Crippen molar-refractivity contribution in [3.63, 3.8) is 0 Å². The second-order valence-corrected chi connectivity index (χ2v) is 4.58. The maximum atomic E-state index is 8.63. The minimum atomic E-state index is 0.344. The van der Waals surface area contributed by atoms with Gasteiger partial charge in [0.2, 0.25) is 0 Å². The van der Waals surface area contributed by atoms with Gasteiger partial charge in [-0.15, -0.1) is 0 Å². The van der Waals surface area contributed by atoms with Gasteiger partial charge >= 0.3 is 0 Å². The molecule has 0 amide bonds. The predicted molar refractivity (Wildman–Crippen MR) is 58.1 cm³/mol. The summed E-state index contributed by atoms with van der Waals surface area (Å²) in [6.45, 7) is 1.47. The Bertz CT molecular complexity index is 202. The average molecular weight is 195 g/mol. The number of aliphatic hydroxyl groups excluding tert-OH is 1. The van der Waals surface area contributed by atoms with E-state index in [9.17, 15) is 0 Å². The van der Waals surface area contributed by atoms with Crippen molar-refractivity contribution in [2.75, 3.05) is 13.2 Å². The maximum absolute atomic E-state index is 8.63. The Balaban J connectivity index is 1.52. The van der Waals surface area contributed by atoms with E-state index in [1.807, 2.05) is 0 Å². The van der Waals surface area contributed by atoms with Crippen LogP contribution in [-0.4, -0.2) is 24.3 Å². The van der Waals surface area contributed by atoms with Crippen LogP contribution < -0.4 is 5.32 Å². The van der Waals surface area contributed by atoms with Gasteiger partial charge in [-0.25, -0.2) is 0 Å². The normalized spacial score (nSPS) is 34.2. The molecule has 2 heteroatoms. The number of rotatable bonds is 6. The number of hydrogen-bond acceptors (Lipinski definition) is 2. The van der Waals surface area contributed by atoms with Crippen molar-refractivity contribution in [2.45, 2.75) is 38.1 Å². The van der Waals surface area contributed by atoms with Crippen LogP contribution in [0.4, 0.5) is 0 Å². The van der Waals surface area contributed by atoms with Gasteiger partial charge in [0.15, 0.2) is 0 Å². The third kappa shape index (κ3) is 2.18. The molecule has 0 radical (unpaired) electrons. The molecule has 0 saturated heterocycles. The molecule has 0 spiro atoms. The molecule has 2 nitrogen and oxygen atoms in total. The Hall–Kier alpha value is -0.340. The molecule has 0 aromatic carbocycles. The fraction of sp³-hybridized carbons (Fsp3) is 0.833. The Morgan fingerprint density at radius 1 is 1.29 bits per heavy atom. The molecule has 14 heavy (non-hydrogen) atoms. The monoisotopic (exact) mass is 195 g/mol. The van der Waals surface area contributed by atoms with Crippen molar-refractivity contribution >= 4 is 0 Å². The molecule has 2 N–H and O–H groups in total. The standard InChI is InChI=1S/C12H21NO/c14-8-3-1-2-7-13-12-9-10-5-4-6-11(10)12/h4,6,10-14H,1-3,5,7-9H2. The Kier molecular flexibility index (Phi) is 3.60. The number of allylic oxidation sites excluding steroid dienone is 1. The Labute approximate surface area is 86.4 Å². The van der Waals surface area contributed by atoms with Crippen LogP contribution in [0, 0.1) is 11.8 Å². The van der Waals surface area contributed by atoms with E-state index in [1.165, 1.54) is 19.3 Å². The number of nitrogens with one attached hydrogen (secondary N) is 1. The lowest BCUT2D eigenvalue weighted by atomic mass is 9.71. The lowest BCUT2D eigenvalue weighted by Crippen LogP contribution is -2.48. The highest BCUT2D eigenvalue weighted by atomic mass is 16.2. The summed E-state index contributed by atoms with van der Waals surface area (Å²) in [5.74, 6) is 1.80. The first-order valence-electron chi connectivity index (χ1n) is 5.92. The van der Waals surface area contributed by atoms with Crippen LogP contribution in [0.1, 0.15) is 32.1 Å². The molecule has 80 valence electrons. The van der Waals surface area contributed by atoms with Gasteiger partial charge in [-0.3, -0.25) is 0 Å². The van der Waals surface area contributed by atoms with E-state index < -0.39 is 0 Å². The van der Waals surface area contributed by atoms with E-state index in [2.05, 4.69) is 17.5 Å². The van der Waals surface area contributed by atoms with Crippen molar-refractivity contribution in [1.29, 1.82) is 0 Å². The zero-order chi connectivity index (χ0) is 9.80. The number of fused-ring (bicyclic) bond motifs is 1. The highest BCUT2D eigenvalue weighted by molar-refractivity contribution is 5.12. The third-order valence-corrected chi connectivity index (χ3v) is 3.60. The van der Waals surface area contributed by atoms with E-state index >= 15 is 0 Å². The van der Waals surface area contributed by atoms with Crippen molar-refractivity contribution in [1.82, 2.24) is 5.32 Å². The summed E-state index contributed by atoms with van der Waals surface area (Å²) < 4.78 is 0. The average Bonchev–Trinajstić information content (AvgIpc) is 2.53. The zero-order valence-electron chi connectivity index (χ0n) is 8.78. The number of hydrogen-bond donors (Lipinski definition) is 2. The van der Waals surface area contributed by atoms with Gasteiger partial charge in [0, 0.05) is 12.6 Å². The molecule has 3 unspecified atom stereocenters. The summed E-state index contributed by atoms with van der Waals surface area (Å²) in [6.07, 6.45) is 10.7. The fourth-order valence-corrected chi connectivity index (χ4v) is 2.65. The molecule has 1 fully saturated rings. The van der Waals surface area contributed by atoms with Gasteiger partial charge in [-0.1, -0.05) is 12.2 Å². The van der Waals surface area contributed by atoms with Gasteiger partial charge in [-0.05, 0) is 50.5 Å². The van der Waals surface area contributed by atoms with Gasteiger partial charge in [-0.2, -0.15) is 0 Å². The molecule has 0 aromatic rings. The van der Waals surface area contributed by atoms with Crippen molar-refractivity contribution in [3.8, 4) is 0 Å². The van der Waals surface area contributed by atoms with Crippen molar-refractivity contribution in [2.24, 2.45) is 11.8 Å². The largest absolute Gasteiger partial charge is 0.396 e. The summed E-state index contributed by atoms with van der Waals surface area (Å²) in [5.41, 5.74) is 0. The smallest absolute Gasteiger partial charge is 0.0431 e. The van der Waals surface area contributed by atoms with Crippen molar-refractivity contribution in [3.05, 3.63) is 12.2 Å². The van der Waals surface area contributed by atoms with Crippen LogP contribution in [0.15, 0.2) is 12.2 Å². The first-order chi connectivity index (χ1) is 6.92. The van der Waals surface area contributed by atoms with Crippen LogP contribution in [-0.2, 0) is 0 Å². The van der Waals surface area contributed by atoms with E-state index in [0.29, 0.717) is 6.61 Å². The molecule has 0 heterocycles. The highest BCUT2D eigenvalue weighted by Gasteiger charge is 2.40. The molecule has 0 bridgehead atoms. The molecular formula is C12H21NO. The quantitative estimate of drug-likeness (QED) is 0.499. The summed E-state index contributed by atoms with van der Waals surface area (Å²) >= 11 is 0. The third-order valence-electron chi connectivity index (χ3n) is 3.60. The summed E-state index contributed by atoms with van der Waals surface area (Å²) in [5, 5.41) is 12.2. The van der Waals surface area contributed by atoms with Gasteiger partial charge in [0.05, 0.1) is 0 Å². The minimum absolute atomic E-state index is 0.344. The van der Waals surface area contributed by atoms with Crippen LogP contribution in [0.5, 0.6) is 0 Å². The first kappa shape index (κ1) is 10.2. The lowest BCUT2D eigenvalue weighted by Gasteiger charge is -2.40. The Morgan fingerprint density at radius 2 is 2.21 bits per heavy atom. The van der Waals surface area contributed by atoms with E-state index in [-0.39, 0.29) is 0 Å². The molecule has 3 atom stereocenters. The molecule has 1 saturated carbocycles. The second-order valence-electron chi connectivity index (χ2n) is 4.58.